The molecular formula is C11H11N3O3S2. The zero-order valence-electron chi connectivity index (χ0n) is 9.75. The molecule has 2 rings (SSSR count). The predicted octanol–water partition coefficient (Wildman–Crippen LogP) is 0.294. The highest BCUT2D eigenvalue weighted by Gasteiger charge is 2.15. The van der Waals surface area contributed by atoms with Crippen molar-refractivity contribution < 1.29 is 13.5 Å². The van der Waals surface area contributed by atoms with Gasteiger partial charge in [0.05, 0.1) is 6.20 Å². The smallest absolute Gasteiger partial charge is 0.257 e. The van der Waals surface area contributed by atoms with Gasteiger partial charge >= 0.3 is 0 Å². The Morgan fingerprint density at radius 1 is 1.47 bits per heavy atom. The first-order chi connectivity index (χ1) is 9.13. The van der Waals surface area contributed by atoms with Crippen molar-refractivity contribution in [2.45, 2.75) is 11.6 Å². The molecule has 100 valence electrons. The van der Waals surface area contributed by atoms with Crippen LogP contribution in [0.3, 0.4) is 0 Å². The van der Waals surface area contributed by atoms with Crippen molar-refractivity contribution in [2.75, 3.05) is 6.61 Å². The highest BCUT2D eigenvalue weighted by molar-refractivity contribution is 7.89. The number of aromatic nitrogens is 2. The van der Waals surface area contributed by atoms with Crippen LogP contribution in [0.5, 0.6) is 0 Å². The molecule has 2 aromatic heterocycles. The van der Waals surface area contributed by atoms with E-state index in [2.05, 4.69) is 26.8 Å². The number of aliphatic hydroxyl groups excluding tert-OH is 1. The minimum absolute atomic E-state index is 0.0204. The lowest BCUT2D eigenvalue weighted by Crippen LogP contribution is -2.23. The van der Waals surface area contributed by atoms with Gasteiger partial charge in [-0.05, 0) is 17.5 Å². The lowest BCUT2D eigenvalue weighted by Gasteiger charge is -2.03. The summed E-state index contributed by atoms with van der Waals surface area (Å²) in [6, 6.07) is 3.16. The van der Waals surface area contributed by atoms with Crippen LogP contribution in [0.15, 0.2) is 28.7 Å². The Labute approximate surface area is 114 Å². The molecule has 0 amide bonds. The van der Waals surface area contributed by atoms with E-state index in [0.29, 0.717) is 5.56 Å². The number of nitrogens with one attached hydrogen (secondary N) is 2. The summed E-state index contributed by atoms with van der Waals surface area (Å²) in [4.78, 5) is 0.795. The standard InChI is InChI=1S/C11H11N3O3S2/c15-6-1-2-9-4-7-18-10(9)8-13-19(16,17)11-3-5-12-14-11/h3-5,7,13,15H,6,8H2,(H,12,14). The molecule has 0 radical (unpaired) electrons. The topological polar surface area (TPSA) is 95.1 Å². The van der Waals surface area contributed by atoms with E-state index >= 15 is 0 Å². The number of sulfonamides is 1. The van der Waals surface area contributed by atoms with E-state index in [1.807, 2.05) is 5.38 Å². The van der Waals surface area contributed by atoms with Crippen LogP contribution in [0.4, 0.5) is 0 Å². The molecule has 0 aliphatic rings. The highest BCUT2D eigenvalue weighted by Crippen LogP contribution is 2.16. The van der Waals surface area contributed by atoms with Crippen LogP contribution in [0, 0.1) is 11.8 Å². The third-order valence-corrected chi connectivity index (χ3v) is 4.49. The molecule has 0 saturated heterocycles. The van der Waals surface area contributed by atoms with Crippen LogP contribution in [0.25, 0.3) is 0 Å². The number of H-pyrrole nitrogens is 1. The molecule has 0 aromatic carbocycles. The number of aliphatic hydroxyl groups is 1. The summed E-state index contributed by atoms with van der Waals surface area (Å²) < 4.78 is 26.2. The van der Waals surface area contributed by atoms with Crippen molar-refractivity contribution in [3.63, 3.8) is 0 Å². The van der Waals surface area contributed by atoms with Gasteiger partial charge in [0, 0.05) is 17.0 Å². The average Bonchev–Trinajstić information content (AvgIpc) is 3.05. The second-order valence-corrected chi connectivity index (χ2v) is 6.20. The van der Waals surface area contributed by atoms with E-state index in [0.717, 1.165) is 4.88 Å². The fraction of sp³-hybridized carbons (Fsp3) is 0.182. The zero-order chi connectivity index (χ0) is 13.7. The first kappa shape index (κ1) is 13.8. The monoisotopic (exact) mass is 297 g/mol. The third-order valence-electron chi connectivity index (χ3n) is 2.23. The zero-order valence-corrected chi connectivity index (χ0v) is 11.4. The largest absolute Gasteiger partial charge is 0.384 e. The van der Waals surface area contributed by atoms with Crippen LogP contribution in [-0.4, -0.2) is 30.3 Å². The van der Waals surface area contributed by atoms with Crippen LogP contribution < -0.4 is 4.72 Å². The van der Waals surface area contributed by atoms with Gasteiger partial charge < -0.3 is 5.11 Å². The summed E-state index contributed by atoms with van der Waals surface area (Å²) in [6.45, 7) is -0.0797. The Morgan fingerprint density at radius 2 is 2.32 bits per heavy atom. The predicted molar refractivity (Wildman–Crippen MR) is 70.9 cm³/mol. The van der Waals surface area contributed by atoms with Gasteiger partial charge in [0.1, 0.15) is 6.61 Å². The number of hydrogen-bond donors (Lipinski definition) is 3. The Bertz CT molecular complexity index is 693. The molecule has 0 unspecified atom stereocenters. The summed E-state index contributed by atoms with van der Waals surface area (Å²) in [7, 11) is -3.59. The van der Waals surface area contributed by atoms with Crippen molar-refractivity contribution in [1.82, 2.24) is 14.9 Å². The maximum absolute atomic E-state index is 11.9. The van der Waals surface area contributed by atoms with Gasteiger partial charge in [-0.3, -0.25) is 5.10 Å². The molecular weight excluding hydrogens is 286 g/mol. The van der Waals surface area contributed by atoms with Crippen molar-refractivity contribution in [1.29, 1.82) is 0 Å². The third kappa shape index (κ3) is 3.42. The Morgan fingerprint density at radius 3 is 3.00 bits per heavy atom. The molecule has 0 fully saturated rings. The minimum atomic E-state index is -3.59. The second kappa shape index (κ2) is 5.99. The Hall–Kier alpha value is -1.66. The summed E-state index contributed by atoms with van der Waals surface area (Å²) in [5.41, 5.74) is 0.714. The van der Waals surface area contributed by atoms with E-state index in [9.17, 15) is 8.42 Å². The molecule has 3 N–H and O–H groups in total. The van der Waals surface area contributed by atoms with Crippen LogP contribution in [-0.2, 0) is 16.6 Å². The highest BCUT2D eigenvalue weighted by atomic mass is 32.2. The van der Waals surface area contributed by atoms with Gasteiger partial charge in [-0.2, -0.15) is 5.10 Å². The van der Waals surface area contributed by atoms with E-state index < -0.39 is 10.0 Å². The van der Waals surface area contributed by atoms with Crippen LogP contribution in [0.1, 0.15) is 10.4 Å². The first-order valence-electron chi connectivity index (χ1n) is 5.28. The minimum Gasteiger partial charge on any atom is -0.384 e. The number of rotatable bonds is 4. The van der Waals surface area contributed by atoms with Crippen molar-refractivity contribution in [2.24, 2.45) is 0 Å². The molecule has 8 heteroatoms. The Kier molecular flexibility index (Phi) is 4.34. The summed E-state index contributed by atoms with van der Waals surface area (Å²) >= 11 is 1.40. The molecule has 0 aliphatic carbocycles. The van der Waals surface area contributed by atoms with Crippen LogP contribution >= 0.6 is 11.3 Å². The summed E-state index contributed by atoms with van der Waals surface area (Å²) in [5.74, 6) is 5.30. The maximum Gasteiger partial charge on any atom is 0.257 e. The van der Waals surface area contributed by atoms with Gasteiger partial charge in [-0.15, -0.1) is 11.3 Å². The Balaban J connectivity index is 2.10. The van der Waals surface area contributed by atoms with Crippen LogP contribution in [0.2, 0.25) is 0 Å². The number of nitrogens with zero attached hydrogens (tertiary/aromatic N) is 1. The second-order valence-electron chi connectivity index (χ2n) is 3.46. The normalized spacial score (nSPS) is 11.0. The molecule has 0 atom stereocenters. The summed E-state index contributed by atoms with van der Waals surface area (Å²) in [6.07, 6.45) is 1.37. The molecule has 2 aromatic rings. The number of aromatic amines is 1. The molecule has 19 heavy (non-hydrogen) atoms. The van der Waals surface area contributed by atoms with E-state index in [1.165, 1.54) is 23.6 Å². The van der Waals surface area contributed by atoms with Crippen molar-refractivity contribution in [3.05, 3.63) is 34.2 Å². The lowest BCUT2D eigenvalue weighted by atomic mass is 10.2. The number of hydrogen-bond acceptors (Lipinski definition) is 5. The SMILES string of the molecule is O=S(=O)(NCc1sccc1C#CCO)c1ccn[nH]1. The molecule has 0 aliphatic heterocycles. The maximum atomic E-state index is 11.9. The average molecular weight is 297 g/mol. The van der Waals surface area contributed by atoms with Crippen molar-refractivity contribution in [3.8, 4) is 11.8 Å². The van der Waals surface area contributed by atoms with Gasteiger partial charge in [-0.1, -0.05) is 11.8 Å². The first-order valence-corrected chi connectivity index (χ1v) is 7.65. The van der Waals surface area contributed by atoms with E-state index in [-0.39, 0.29) is 18.2 Å². The quantitative estimate of drug-likeness (QED) is 0.707. The van der Waals surface area contributed by atoms with Crippen molar-refractivity contribution >= 4 is 21.4 Å². The van der Waals surface area contributed by atoms with Gasteiger partial charge in [0.2, 0.25) is 0 Å². The van der Waals surface area contributed by atoms with Gasteiger partial charge in [0.25, 0.3) is 10.0 Å². The lowest BCUT2D eigenvalue weighted by molar-refractivity contribution is 0.350. The van der Waals surface area contributed by atoms with Gasteiger partial charge in [-0.25, -0.2) is 13.1 Å². The molecule has 0 spiro atoms. The summed E-state index contributed by atoms with van der Waals surface area (Å²) in [5, 5.41) is 16.5. The van der Waals surface area contributed by atoms with E-state index in [4.69, 9.17) is 5.11 Å². The molecule has 6 nitrogen and oxygen atoms in total. The molecule has 0 bridgehead atoms. The number of thiophene rings is 1. The molecule has 2 heterocycles. The van der Waals surface area contributed by atoms with E-state index in [1.54, 1.807) is 6.07 Å². The van der Waals surface area contributed by atoms with Gasteiger partial charge in [0.15, 0.2) is 5.03 Å². The molecule has 0 saturated carbocycles. The fourth-order valence-electron chi connectivity index (χ4n) is 1.35. The fourth-order valence-corrected chi connectivity index (χ4v) is 3.12.